The van der Waals surface area contributed by atoms with E-state index in [-0.39, 0.29) is 39.7 Å². The van der Waals surface area contributed by atoms with Crippen LogP contribution in [0.4, 0.5) is 15.3 Å². The Morgan fingerprint density at radius 1 is 1.17 bits per heavy atom. The fourth-order valence-corrected chi connectivity index (χ4v) is 9.31. The summed E-state index contributed by atoms with van der Waals surface area (Å²) >= 11 is 8.45. The van der Waals surface area contributed by atoms with Crippen molar-refractivity contribution in [2.45, 2.75) is 62.2 Å². The van der Waals surface area contributed by atoms with Crippen LogP contribution in [0.3, 0.4) is 0 Å². The molecule has 5 aliphatic rings. The number of nitrogen functional groups attached to an aromatic ring is 1. The smallest absolute Gasteiger partial charge is 0.319 e. The Hall–Kier alpha value is -2.99. The van der Waals surface area contributed by atoms with E-state index in [1.165, 1.54) is 24.2 Å². The molecule has 7 heterocycles. The first-order valence-corrected chi connectivity index (χ1v) is 16.1. The number of nitrogens with one attached hydrogen (secondary N) is 1. The average molecular weight is 608 g/mol. The number of rotatable bonds is 4. The van der Waals surface area contributed by atoms with Gasteiger partial charge >= 0.3 is 6.01 Å². The molecule has 2 bridgehead atoms. The number of thiazole rings is 1. The summed E-state index contributed by atoms with van der Waals surface area (Å²) in [5, 5.41) is 4.85. The molecule has 4 aromatic rings. The number of hydrogen-bond donors (Lipinski definition) is 2. The van der Waals surface area contributed by atoms with Crippen molar-refractivity contribution < 1.29 is 13.9 Å². The molecule has 9 rings (SSSR count). The molecular formula is C30H31ClFN7O2S. The summed E-state index contributed by atoms with van der Waals surface area (Å²) in [4.78, 5) is 19.1. The van der Waals surface area contributed by atoms with Gasteiger partial charge in [0.25, 0.3) is 0 Å². The number of aromatic nitrogens is 3. The van der Waals surface area contributed by atoms with Crippen LogP contribution in [0.25, 0.3) is 32.2 Å². The fourth-order valence-electron chi connectivity index (χ4n) is 8.21. The standard InChI is InChI=1S/C30H31ClFN7O2S/c31-22-20(16-4-1-5-19-24(16)35-28(33)42-19)23(32)25-21-26(22)40-13-18-17-7-6-15(34-17)12-39(18)27(21)37-29(36-25)41-14-30-8-2-10-38(30)11-3-9-30/h1,4-5,15,17-18,34H,2-3,6-14H2,(H2,33,35)/t15?,17?,18-/m1/s1. The van der Waals surface area contributed by atoms with Crippen LogP contribution < -0.4 is 25.4 Å². The topological polar surface area (TPSA) is 102 Å². The normalized spacial score (nSPS) is 26.0. The molecule has 3 N–H and O–H groups in total. The van der Waals surface area contributed by atoms with E-state index in [0.717, 1.165) is 50.0 Å². The minimum Gasteiger partial charge on any atom is -0.489 e. The number of benzene rings is 2. The van der Waals surface area contributed by atoms with E-state index >= 15 is 4.39 Å². The van der Waals surface area contributed by atoms with Gasteiger partial charge in [-0.1, -0.05) is 35.1 Å². The number of para-hydroxylation sites is 1. The zero-order chi connectivity index (χ0) is 28.2. The van der Waals surface area contributed by atoms with E-state index < -0.39 is 5.82 Å². The maximum Gasteiger partial charge on any atom is 0.319 e. The van der Waals surface area contributed by atoms with Crippen LogP contribution in [0.2, 0.25) is 5.02 Å². The summed E-state index contributed by atoms with van der Waals surface area (Å²) in [5.74, 6) is 0.515. The van der Waals surface area contributed by atoms with Gasteiger partial charge < -0.3 is 25.4 Å². The third kappa shape index (κ3) is 3.63. The minimum absolute atomic E-state index is 0.0152. The molecular weight excluding hydrogens is 577 g/mol. The molecule has 218 valence electrons. The van der Waals surface area contributed by atoms with Gasteiger partial charge in [0.05, 0.1) is 32.2 Å². The number of fused-ring (bicyclic) bond motifs is 7. The van der Waals surface area contributed by atoms with Crippen LogP contribution in [0, 0.1) is 5.82 Å². The van der Waals surface area contributed by atoms with Crippen LogP contribution in [0.5, 0.6) is 11.8 Å². The molecule has 2 aromatic carbocycles. The van der Waals surface area contributed by atoms with Crippen LogP contribution in [-0.4, -0.2) is 76.4 Å². The van der Waals surface area contributed by atoms with Crippen LogP contribution in [0.15, 0.2) is 18.2 Å². The highest BCUT2D eigenvalue weighted by Crippen LogP contribution is 2.50. The minimum atomic E-state index is -0.534. The molecule has 2 aromatic heterocycles. The number of nitrogens with zero attached hydrogens (tertiary/aromatic N) is 5. The number of hydrogen-bond acceptors (Lipinski definition) is 10. The largest absolute Gasteiger partial charge is 0.489 e. The van der Waals surface area contributed by atoms with Gasteiger partial charge in [-0.25, -0.2) is 9.37 Å². The summed E-state index contributed by atoms with van der Waals surface area (Å²) in [6.07, 6.45) is 6.69. The van der Waals surface area contributed by atoms with Gasteiger partial charge in [0.2, 0.25) is 0 Å². The predicted molar refractivity (Wildman–Crippen MR) is 162 cm³/mol. The monoisotopic (exact) mass is 607 g/mol. The number of halogens is 2. The van der Waals surface area contributed by atoms with Crippen LogP contribution in [-0.2, 0) is 0 Å². The maximum atomic E-state index is 16.9. The lowest BCUT2D eigenvalue weighted by molar-refractivity contribution is 0.108. The SMILES string of the molecule is Nc1nc2c(-c3c(Cl)c4c5c(nc(OCC67CCCN6CCC7)nc5c3F)N3CC5CCC(N5)[C@H]3CO4)cccc2s1. The van der Waals surface area contributed by atoms with E-state index in [4.69, 9.17) is 36.8 Å². The van der Waals surface area contributed by atoms with Gasteiger partial charge in [0.15, 0.2) is 16.7 Å². The Morgan fingerprint density at radius 2 is 2.02 bits per heavy atom. The molecule has 4 fully saturated rings. The highest BCUT2D eigenvalue weighted by molar-refractivity contribution is 7.22. The Balaban J connectivity index is 1.25. The van der Waals surface area contributed by atoms with Crippen molar-refractivity contribution in [1.29, 1.82) is 0 Å². The number of anilines is 2. The third-order valence-corrected chi connectivity index (χ3v) is 11.4. The predicted octanol–water partition coefficient (Wildman–Crippen LogP) is 4.99. The summed E-state index contributed by atoms with van der Waals surface area (Å²) < 4.78 is 30.7. The second-order valence-electron chi connectivity index (χ2n) is 12.4. The molecule has 12 heteroatoms. The van der Waals surface area contributed by atoms with Crippen LogP contribution in [0.1, 0.15) is 38.5 Å². The fraction of sp³-hybridized carbons (Fsp3) is 0.500. The van der Waals surface area contributed by atoms with Crippen molar-refractivity contribution in [2.24, 2.45) is 0 Å². The molecule has 0 aliphatic carbocycles. The maximum absolute atomic E-state index is 16.9. The first kappa shape index (κ1) is 25.5. The second kappa shape index (κ2) is 9.25. The first-order chi connectivity index (χ1) is 20.5. The van der Waals surface area contributed by atoms with Crippen molar-refractivity contribution >= 4 is 55.0 Å². The van der Waals surface area contributed by atoms with Gasteiger partial charge in [0, 0.05) is 29.8 Å². The molecule has 3 atom stereocenters. The average Bonchev–Trinajstić information content (AvgIpc) is 3.73. The highest BCUT2D eigenvalue weighted by Gasteiger charge is 2.46. The lowest BCUT2D eigenvalue weighted by Gasteiger charge is -2.40. The zero-order valence-corrected chi connectivity index (χ0v) is 24.6. The van der Waals surface area contributed by atoms with Crippen LogP contribution >= 0.6 is 22.9 Å². The number of ether oxygens (including phenoxy) is 2. The Kier molecular flexibility index (Phi) is 5.62. The van der Waals surface area contributed by atoms with E-state index in [1.54, 1.807) is 0 Å². The van der Waals surface area contributed by atoms with E-state index in [2.05, 4.69) is 20.1 Å². The van der Waals surface area contributed by atoms with Gasteiger partial charge in [-0.05, 0) is 57.7 Å². The summed E-state index contributed by atoms with van der Waals surface area (Å²) in [7, 11) is 0. The third-order valence-electron chi connectivity index (χ3n) is 10.2. The first-order valence-electron chi connectivity index (χ1n) is 14.9. The highest BCUT2D eigenvalue weighted by atomic mass is 35.5. The van der Waals surface area contributed by atoms with Crippen molar-refractivity contribution in [3.63, 3.8) is 0 Å². The quantitative estimate of drug-likeness (QED) is 0.332. The summed E-state index contributed by atoms with van der Waals surface area (Å²) in [5.41, 5.74) is 7.59. The van der Waals surface area contributed by atoms with Gasteiger partial charge in [-0.15, -0.1) is 0 Å². The van der Waals surface area contributed by atoms with E-state index in [1.807, 2.05) is 18.2 Å². The molecule has 0 saturated carbocycles. The molecule has 5 aliphatic heterocycles. The molecule has 0 radical (unpaired) electrons. The van der Waals surface area contributed by atoms with Crippen molar-refractivity contribution in [2.75, 3.05) is 43.5 Å². The molecule has 4 saturated heterocycles. The number of nitrogens with two attached hydrogens (primary N) is 1. The summed E-state index contributed by atoms with van der Waals surface area (Å²) in [6.45, 7) is 3.86. The van der Waals surface area contributed by atoms with Gasteiger partial charge in [0.1, 0.15) is 24.5 Å². The van der Waals surface area contributed by atoms with Gasteiger partial charge in [-0.3, -0.25) is 4.90 Å². The molecule has 2 unspecified atom stereocenters. The van der Waals surface area contributed by atoms with Gasteiger partial charge in [-0.2, -0.15) is 9.97 Å². The molecule has 9 nitrogen and oxygen atoms in total. The Bertz CT molecular complexity index is 1760. The molecule has 0 spiro atoms. The van der Waals surface area contributed by atoms with Crippen molar-refractivity contribution in [1.82, 2.24) is 25.2 Å². The Labute approximate surface area is 251 Å². The number of piperazine rings is 1. The lowest BCUT2D eigenvalue weighted by atomic mass is 9.95. The second-order valence-corrected chi connectivity index (χ2v) is 13.8. The molecule has 0 amide bonds. The zero-order valence-electron chi connectivity index (χ0n) is 23.0. The lowest BCUT2D eigenvalue weighted by Crippen LogP contribution is -2.60. The molecule has 42 heavy (non-hydrogen) atoms. The summed E-state index contributed by atoms with van der Waals surface area (Å²) in [6, 6.07) is 6.44. The van der Waals surface area contributed by atoms with Crippen molar-refractivity contribution in [3.8, 4) is 22.9 Å². The van der Waals surface area contributed by atoms with Crippen molar-refractivity contribution in [3.05, 3.63) is 29.0 Å². The van der Waals surface area contributed by atoms with E-state index in [9.17, 15) is 0 Å². The van der Waals surface area contributed by atoms with E-state index in [0.29, 0.717) is 52.4 Å². The Morgan fingerprint density at radius 3 is 2.88 bits per heavy atom.